The maximum absolute atomic E-state index is 12.8. The first kappa shape index (κ1) is 38.0. The molecule has 6 N–H and O–H groups in total. The summed E-state index contributed by atoms with van der Waals surface area (Å²) < 4.78 is 5.82. The van der Waals surface area contributed by atoms with Gasteiger partial charge in [0.15, 0.2) is 0 Å². The Balaban J connectivity index is 0.798. The minimum Gasteiger partial charge on any atom is -0.506 e. The first-order valence-electron chi connectivity index (χ1n) is 19.2. The topological polar surface area (TPSA) is 156 Å². The predicted molar refractivity (Wildman–Crippen MR) is 208 cm³/mol. The molecule has 2 fully saturated rings. The first-order valence-corrected chi connectivity index (χ1v) is 19.2. The average molecular weight is 724 g/mol. The summed E-state index contributed by atoms with van der Waals surface area (Å²) in [5, 5.41) is 30.8. The molecule has 0 bridgehead atoms. The number of nitrogens with one attached hydrogen (secondary N) is 4. The van der Waals surface area contributed by atoms with Gasteiger partial charge in [-0.05, 0) is 106 Å². The van der Waals surface area contributed by atoms with Crippen LogP contribution in [0.1, 0.15) is 75.9 Å². The van der Waals surface area contributed by atoms with Crippen LogP contribution in [0.3, 0.4) is 0 Å². The van der Waals surface area contributed by atoms with Crippen molar-refractivity contribution in [3.63, 3.8) is 0 Å². The second-order valence-corrected chi connectivity index (χ2v) is 14.5. The van der Waals surface area contributed by atoms with Crippen molar-refractivity contribution in [3.8, 4) is 16.9 Å². The van der Waals surface area contributed by atoms with E-state index in [2.05, 4.69) is 25.8 Å². The number of phenolic OH excluding ortho intramolecular Hbond substituents is 1. The molecule has 3 aromatic carbocycles. The van der Waals surface area contributed by atoms with Gasteiger partial charge in [-0.3, -0.25) is 14.9 Å². The average Bonchev–Trinajstić information content (AvgIpc) is 3.17. The van der Waals surface area contributed by atoms with Crippen LogP contribution in [0, 0.1) is 5.92 Å². The molecule has 1 aliphatic carbocycles. The summed E-state index contributed by atoms with van der Waals surface area (Å²) in [5.74, 6) is 0.752. The molecule has 11 heteroatoms. The van der Waals surface area contributed by atoms with Gasteiger partial charge in [0.2, 0.25) is 11.5 Å². The number of aromatic amines is 1. The molecule has 6 rings (SSSR count). The summed E-state index contributed by atoms with van der Waals surface area (Å²) >= 11 is 0. The Bertz CT molecular complexity index is 1850. The lowest BCUT2D eigenvalue weighted by atomic mass is 9.84. The molecular weight excluding hydrogens is 670 g/mol. The number of aromatic hydroxyl groups is 1. The normalized spacial score (nSPS) is 18.7. The number of pyridine rings is 1. The number of unbranched alkanes of at least 4 members (excludes halogenated alkanes) is 1. The molecule has 0 spiro atoms. The third kappa shape index (κ3) is 10.9. The zero-order valence-electron chi connectivity index (χ0n) is 30.4. The highest BCUT2D eigenvalue weighted by atomic mass is 16.6. The molecule has 282 valence electrons. The summed E-state index contributed by atoms with van der Waals surface area (Å²) in [6.07, 6.45) is 7.94. The quantitative estimate of drug-likeness (QED) is 0.0763. The number of carbonyl (C=O) groups is 2. The van der Waals surface area contributed by atoms with Crippen LogP contribution in [0.25, 0.3) is 22.0 Å². The van der Waals surface area contributed by atoms with Gasteiger partial charge >= 0.3 is 6.09 Å². The maximum atomic E-state index is 12.8. The molecule has 1 aliphatic heterocycles. The molecule has 53 heavy (non-hydrogen) atoms. The highest BCUT2D eigenvalue weighted by Gasteiger charge is 2.26. The summed E-state index contributed by atoms with van der Waals surface area (Å²) in [7, 11) is 0. The van der Waals surface area contributed by atoms with E-state index in [0.717, 1.165) is 94.2 Å². The van der Waals surface area contributed by atoms with Crippen LogP contribution in [0.4, 0.5) is 10.5 Å². The molecule has 2 heterocycles. The molecule has 0 radical (unpaired) electrons. The van der Waals surface area contributed by atoms with Gasteiger partial charge in [-0.25, -0.2) is 4.79 Å². The Kier molecular flexibility index (Phi) is 13.5. The van der Waals surface area contributed by atoms with Crippen molar-refractivity contribution in [2.24, 2.45) is 5.92 Å². The lowest BCUT2D eigenvalue weighted by molar-refractivity contribution is -0.122. The highest BCUT2D eigenvalue weighted by Crippen LogP contribution is 2.30. The Morgan fingerprint density at radius 2 is 1.64 bits per heavy atom. The number of ether oxygens (including phenoxy) is 1. The van der Waals surface area contributed by atoms with Gasteiger partial charge in [0.1, 0.15) is 11.9 Å². The minimum absolute atomic E-state index is 0.0331. The summed E-state index contributed by atoms with van der Waals surface area (Å²) in [5.41, 5.74) is 3.40. The zero-order chi connectivity index (χ0) is 37.0. The van der Waals surface area contributed by atoms with Crippen LogP contribution in [-0.2, 0) is 9.53 Å². The highest BCUT2D eigenvalue weighted by molar-refractivity contribution is 5.91. The number of fused-ring (bicyclic) bond motifs is 1. The predicted octanol–water partition coefficient (Wildman–Crippen LogP) is 6.47. The van der Waals surface area contributed by atoms with Crippen molar-refractivity contribution < 1.29 is 24.5 Å². The Hall–Kier alpha value is -4.71. The van der Waals surface area contributed by atoms with Gasteiger partial charge in [-0.2, -0.15) is 0 Å². The van der Waals surface area contributed by atoms with Crippen molar-refractivity contribution >= 4 is 28.6 Å². The number of nitrogens with zero attached hydrogens (tertiary/aromatic N) is 1. The number of carbonyl (C=O) groups excluding carboxylic acids is 2. The number of piperidine rings is 1. The van der Waals surface area contributed by atoms with Crippen molar-refractivity contribution in [1.29, 1.82) is 0 Å². The van der Waals surface area contributed by atoms with Crippen LogP contribution in [0.2, 0.25) is 0 Å². The minimum atomic E-state index is -0.802. The van der Waals surface area contributed by atoms with Gasteiger partial charge < -0.3 is 35.5 Å². The van der Waals surface area contributed by atoms with E-state index in [1.165, 1.54) is 12.1 Å². The molecule has 11 nitrogen and oxygen atoms in total. The number of hydrogen-bond acceptors (Lipinski definition) is 8. The van der Waals surface area contributed by atoms with Crippen molar-refractivity contribution in [2.75, 3.05) is 38.0 Å². The summed E-state index contributed by atoms with van der Waals surface area (Å²) in [6.45, 7) is 3.91. The molecule has 1 saturated carbocycles. The third-order valence-electron chi connectivity index (χ3n) is 10.7. The Labute approximate surface area is 311 Å². The van der Waals surface area contributed by atoms with Crippen LogP contribution < -0.4 is 21.5 Å². The molecule has 4 aromatic rings. The second kappa shape index (κ2) is 18.9. The smallest absolute Gasteiger partial charge is 0.411 e. The van der Waals surface area contributed by atoms with E-state index >= 15 is 0 Å². The third-order valence-corrected chi connectivity index (χ3v) is 10.7. The van der Waals surface area contributed by atoms with Gasteiger partial charge in [-0.1, -0.05) is 54.6 Å². The number of aromatic nitrogens is 1. The standard InChI is InChI=1S/C42H53N5O6/c48-37-19-17-34(35-18-20-40(51)46-41(35)37)38(49)28-43-24-7-6-12-39(50)44-31-15-13-29(14-16-31)21-25-47-26-22-32(23-27-47)53-42(52)45-36-11-5-4-10-33(36)30-8-2-1-3-9-30/h1-5,8-11,17-20,29,31-32,38,43,48-49H,6-7,12-16,21-28H2,(H,44,50)(H,45,52)(H,46,51)/t29?,31?,38-/m0/s1. The number of amides is 2. The van der Waals surface area contributed by atoms with Crippen molar-refractivity contribution in [1.82, 2.24) is 20.5 Å². The molecule has 2 aliphatic rings. The van der Waals surface area contributed by atoms with E-state index in [-0.39, 0.29) is 29.4 Å². The van der Waals surface area contributed by atoms with Gasteiger partial charge in [0, 0.05) is 49.1 Å². The van der Waals surface area contributed by atoms with E-state index in [9.17, 15) is 24.6 Å². The second-order valence-electron chi connectivity index (χ2n) is 14.5. The Morgan fingerprint density at radius 1 is 0.887 bits per heavy atom. The molecule has 2 amide bonds. The lowest BCUT2D eigenvalue weighted by Gasteiger charge is -2.34. The molecule has 1 aromatic heterocycles. The van der Waals surface area contributed by atoms with Crippen molar-refractivity contribution in [3.05, 3.63) is 94.8 Å². The number of hydrogen-bond donors (Lipinski definition) is 6. The van der Waals surface area contributed by atoms with Crippen LogP contribution in [0.15, 0.2) is 83.7 Å². The number of para-hydroxylation sites is 1. The van der Waals surface area contributed by atoms with E-state index in [1.54, 1.807) is 12.1 Å². The number of aliphatic hydroxyl groups is 1. The van der Waals surface area contributed by atoms with Crippen LogP contribution >= 0.6 is 0 Å². The fraction of sp³-hybridized carbons (Fsp3) is 0.452. The van der Waals surface area contributed by atoms with E-state index in [0.29, 0.717) is 41.9 Å². The number of likely N-dealkylation sites (tertiary alicyclic amines) is 1. The van der Waals surface area contributed by atoms with E-state index < -0.39 is 12.2 Å². The van der Waals surface area contributed by atoms with Gasteiger partial charge in [0.05, 0.1) is 17.3 Å². The SMILES string of the molecule is O=C(CCCCNC[C@H](O)c1ccc(O)c2[nH]c(=O)ccc12)NC1CCC(CCN2CCC(OC(=O)Nc3ccccc3-c3ccccc3)CC2)CC1. The monoisotopic (exact) mass is 723 g/mol. The summed E-state index contributed by atoms with van der Waals surface area (Å²) in [6, 6.07) is 24.2. The van der Waals surface area contributed by atoms with Gasteiger partial charge in [-0.15, -0.1) is 0 Å². The van der Waals surface area contributed by atoms with E-state index in [4.69, 9.17) is 4.74 Å². The number of H-pyrrole nitrogens is 1. The Morgan fingerprint density at radius 3 is 2.43 bits per heavy atom. The van der Waals surface area contributed by atoms with Crippen LogP contribution in [-0.4, -0.2) is 77.0 Å². The molecule has 1 atom stereocenters. The molecule has 0 unspecified atom stereocenters. The number of phenols is 1. The lowest BCUT2D eigenvalue weighted by Crippen LogP contribution is -2.40. The molecular formula is C42H53N5O6. The van der Waals surface area contributed by atoms with Crippen LogP contribution in [0.5, 0.6) is 5.75 Å². The summed E-state index contributed by atoms with van der Waals surface area (Å²) in [4.78, 5) is 42.2. The number of anilines is 1. The van der Waals surface area contributed by atoms with E-state index in [1.807, 2.05) is 54.6 Å². The molecule has 1 saturated heterocycles. The fourth-order valence-corrected chi connectivity index (χ4v) is 7.70. The van der Waals surface area contributed by atoms with Crippen molar-refractivity contribution in [2.45, 2.75) is 82.5 Å². The number of aliphatic hydroxyl groups excluding tert-OH is 1. The zero-order valence-corrected chi connectivity index (χ0v) is 30.4. The number of rotatable bonds is 15. The van der Waals surface area contributed by atoms with Gasteiger partial charge in [0.25, 0.3) is 0 Å². The maximum Gasteiger partial charge on any atom is 0.411 e. The number of benzene rings is 3. The fourth-order valence-electron chi connectivity index (χ4n) is 7.70. The first-order chi connectivity index (χ1) is 25.8. The largest absolute Gasteiger partial charge is 0.506 e.